The van der Waals surface area contributed by atoms with Crippen molar-refractivity contribution in [2.75, 3.05) is 6.54 Å². The molecule has 0 fully saturated rings. The predicted molar refractivity (Wildman–Crippen MR) is 52.7 cm³/mol. The van der Waals surface area contributed by atoms with Crippen LogP contribution in [0.25, 0.3) is 0 Å². The highest BCUT2D eigenvalue weighted by Gasteiger charge is 2.16. The molecule has 0 aliphatic carbocycles. The number of carboxylic acid groups (broad SMARTS) is 1. The molecule has 0 saturated heterocycles. The van der Waals surface area contributed by atoms with Gasteiger partial charge < -0.3 is 16.2 Å². The summed E-state index contributed by atoms with van der Waals surface area (Å²) in [6.45, 7) is 3.66. The van der Waals surface area contributed by atoms with Crippen LogP contribution in [-0.2, 0) is 9.59 Å². The van der Waals surface area contributed by atoms with Crippen molar-refractivity contribution >= 4 is 11.9 Å². The molecule has 5 nitrogen and oxygen atoms in total. The van der Waals surface area contributed by atoms with Crippen LogP contribution < -0.4 is 11.1 Å². The molecule has 5 heteroatoms. The van der Waals surface area contributed by atoms with E-state index in [-0.39, 0.29) is 6.54 Å². The molecule has 0 bridgehead atoms. The van der Waals surface area contributed by atoms with Crippen molar-refractivity contribution in [3.05, 3.63) is 0 Å². The first-order valence-electron chi connectivity index (χ1n) is 4.72. The van der Waals surface area contributed by atoms with Crippen LogP contribution in [-0.4, -0.2) is 29.6 Å². The third-order valence-electron chi connectivity index (χ3n) is 2.10. The third kappa shape index (κ3) is 5.53. The molecule has 0 heterocycles. The van der Waals surface area contributed by atoms with Gasteiger partial charge in [0.25, 0.3) is 0 Å². The van der Waals surface area contributed by atoms with Gasteiger partial charge in [0.1, 0.15) is 6.54 Å². The molecule has 0 aromatic carbocycles. The van der Waals surface area contributed by atoms with E-state index in [1.54, 1.807) is 0 Å². The molecule has 82 valence electrons. The number of rotatable bonds is 6. The molecule has 0 saturated carbocycles. The summed E-state index contributed by atoms with van der Waals surface area (Å²) in [5, 5.41) is 10.6. The molecule has 14 heavy (non-hydrogen) atoms. The van der Waals surface area contributed by atoms with Crippen molar-refractivity contribution in [2.24, 2.45) is 11.7 Å². The van der Waals surface area contributed by atoms with Crippen molar-refractivity contribution in [2.45, 2.75) is 32.7 Å². The van der Waals surface area contributed by atoms with Crippen molar-refractivity contribution in [1.82, 2.24) is 5.32 Å². The van der Waals surface area contributed by atoms with Crippen LogP contribution in [0.4, 0.5) is 0 Å². The first-order chi connectivity index (χ1) is 6.47. The first kappa shape index (κ1) is 12.9. The maximum atomic E-state index is 11.2. The minimum atomic E-state index is -1.06. The second-order valence-corrected chi connectivity index (χ2v) is 3.47. The monoisotopic (exact) mass is 202 g/mol. The molecule has 4 N–H and O–H groups in total. The van der Waals surface area contributed by atoms with Gasteiger partial charge in [-0.2, -0.15) is 0 Å². The summed E-state index contributed by atoms with van der Waals surface area (Å²) in [6, 6.07) is -0.607. The summed E-state index contributed by atoms with van der Waals surface area (Å²) < 4.78 is 0. The SMILES string of the molecule is CCC(C)C[C@@H](N)C(=O)NCC(=O)O. The van der Waals surface area contributed by atoms with Gasteiger partial charge >= 0.3 is 5.97 Å². The Balaban J connectivity index is 3.81. The number of carboxylic acids is 1. The Morgan fingerprint density at radius 2 is 2.07 bits per heavy atom. The van der Waals surface area contributed by atoms with Gasteiger partial charge in [0.05, 0.1) is 6.04 Å². The second-order valence-electron chi connectivity index (χ2n) is 3.47. The van der Waals surface area contributed by atoms with Crippen LogP contribution in [0.15, 0.2) is 0 Å². The Kier molecular flexibility index (Phi) is 5.87. The number of hydrogen-bond acceptors (Lipinski definition) is 3. The first-order valence-corrected chi connectivity index (χ1v) is 4.72. The average molecular weight is 202 g/mol. The number of aliphatic carboxylic acids is 1. The zero-order valence-corrected chi connectivity index (χ0v) is 8.62. The Bertz CT molecular complexity index is 206. The lowest BCUT2D eigenvalue weighted by Crippen LogP contribution is -2.43. The van der Waals surface area contributed by atoms with Gasteiger partial charge in [-0.3, -0.25) is 9.59 Å². The quantitative estimate of drug-likeness (QED) is 0.563. The number of carbonyl (C=O) groups excluding carboxylic acids is 1. The summed E-state index contributed by atoms with van der Waals surface area (Å²) in [4.78, 5) is 21.3. The maximum Gasteiger partial charge on any atom is 0.322 e. The smallest absolute Gasteiger partial charge is 0.322 e. The summed E-state index contributed by atoms with van der Waals surface area (Å²) in [5.41, 5.74) is 5.57. The highest BCUT2D eigenvalue weighted by molar-refractivity contribution is 5.84. The molecule has 0 aromatic heterocycles. The van der Waals surface area contributed by atoms with E-state index in [4.69, 9.17) is 10.8 Å². The molecule has 2 atom stereocenters. The standard InChI is InChI=1S/C9H18N2O3/c1-3-6(2)4-7(10)9(14)11-5-8(12)13/h6-7H,3-5,10H2,1-2H3,(H,11,14)(H,12,13)/t6?,7-/m1/s1. The summed E-state index contributed by atoms with van der Waals surface area (Å²) in [5.74, 6) is -1.08. The zero-order valence-electron chi connectivity index (χ0n) is 8.62. The van der Waals surface area contributed by atoms with Gasteiger partial charge in [0.15, 0.2) is 0 Å². The number of carbonyl (C=O) groups is 2. The van der Waals surface area contributed by atoms with Crippen molar-refractivity contribution in [3.8, 4) is 0 Å². The molecular formula is C9H18N2O3. The van der Waals surface area contributed by atoms with Crippen LogP contribution in [0, 0.1) is 5.92 Å². The van der Waals surface area contributed by atoms with Gasteiger partial charge in [-0.15, -0.1) is 0 Å². The van der Waals surface area contributed by atoms with E-state index in [0.29, 0.717) is 12.3 Å². The van der Waals surface area contributed by atoms with E-state index < -0.39 is 17.9 Å². The van der Waals surface area contributed by atoms with E-state index in [1.807, 2.05) is 13.8 Å². The molecule has 1 unspecified atom stereocenters. The van der Waals surface area contributed by atoms with Crippen LogP contribution in [0.1, 0.15) is 26.7 Å². The molecule has 1 amide bonds. The minimum Gasteiger partial charge on any atom is -0.480 e. The predicted octanol–water partition coefficient (Wildman–Crippen LogP) is -0.0493. The lowest BCUT2D eigenvalue weighted by Gasteiger charge is -2.14. The average Bonchev–Trinajstić information content (AvgIpc) is 2.13. The minimum absolute atomic E-state index is 0.368. The van der Waals surface area contributed by atoms with Gasteiger partial charge in [0, 0.05) is 0 Å². The Morgan fingerprint density at radius 3 is 2.50 bits per heavy atom. The third-order valence-corrected chi connectivity index (χ3v) is 2.10. The van der Waals surface area contributed by atoms with Gasteiger partial charge in [0.2, 0.25) is 5.91 Å². The number of nitrogens with one attached hydrogen (secondary N) is 1. The van der Waals surface area contributed by atoms with E-state index in [1.165, 1.54) is 0 Å². The van der Waals surface area contributed by atoms with Crippen LogP contribution in [0.2, 0.25) is 0 Å². The molecule has 0 aliphatic heterocycles. The fourth-order valence-corrected chi connectivity index (χ4v) is 1.00. The lowest BCUT2D eigenvalue weighted by molar-refractivity contribution is -0.138. The Hall–Kier alpha value is -1.10. The number of hydrogen-bond donors (Lipinski definition) is 3. The van der Waals surface area contributed by atoms with Crippen molar-refractivity contribution in [3.63, 3.8) is 0 Å². The molecule has 0 spiro atoms. The fourth-order valence-electron chi connectivity index (χ4n) is 1.00. The molecule has 0 aliphatic rings. The highest BCUT2D eigenvalue weighted by Crippen LogP contribution is 2.08. The van der Waals surface area contributed by atoms with E-state index >= 15 is 0 Å². The maximum absolute atomic E-state index is 11.2. The van der Waals surface area contributed by atoms with E-state index in [9.17, 15) is 9.59 Å². The normalized spacial score (nSPS) is 14.5. The molecule has 0 rings (SSSR count). The largest absolute Gasteiger partial charge is 0.480 e. The van der Waals surface area contributed by atoms with E-state index in [0.717, 1.165) is 6.42 Å². The van der Waals surface area contributed by atoms with Gasteiger partial charge in [-0.25, -0.2) is 0 Å². The molecular weight excluding hydrogens is 184 g/mol. The number of nitrogens with two attached hydrogens (primary N) is 1. The fraction of sp³-hybridized carbons (Fsp3) is 0.778. The summed E-state index contributed by atoms with van der Waals surface area (Å²) in [7, 11) is 0. The summed E-state index contributed by atoms with van der Waals surface area (Å²) >= 11 is 0. The van der Waals surface area contributed by atoms with Gasteiger partial charge in [-0.05, 0) is 12.3 Å². The zero-order chi connectivity index (χ0) is 11.1. The van der Waals surface area contributed by atoms with Crippen LogP contribution in [0.3, 0.4) is 0 Å². The highest BCUT2D eigenvalue weighted by atomic mass is 16.4. The topological polar surface area (TPSA) is 92.4 Å². The van der Waals surface area contributed by atoms with Crippen molar-refractivity contribution in [1.29, 1.82) is 0 Å². The number of amides is 1. The Morgan fingerprint density at radius 1 is 1.50 bits per heavy atom. The van der Waals surface area contributed by atoms with Crippen molar-refractivity contribution < 1.29 is 14.7 Å². The molecule has 0 radical (unpaired) electrons. The van der Waals surface area contributed by atoms with Crippen LogP contribution in [0.5, 0.6) is 0 Å². The van der Waals surface area contributed by atoms with Gasteiger partial charge in [-0.1, -0.05) is 20.3 Å². The Labute approximate surface area is 83.7 Å². The molecule has 0 aromatic rings. The second kappa shape index (κ2) is 6.37. The van der Waals surface area contributed by atoms with E-state index in [2.05, 4.69) is 5.32 Å². The lowest BCUT2D eigenvalue weighted by atomic mass is 9.99. The summed E-state index contributed by atoms with van der Waals surface area (Å²) in [6.07, 6.45) is 1.54. The van der Waals surface area contributed by atoms with Crippen LogP contribution >= 0.6 is 0 Å².